The van der Waals surface area contributed by atoms with Gasteiger partial charge in [-0.1, -0.05) is 358 Å². The van der Waals surface area contributed by atoms with Crippen LogP contribution >= 0.6 is 0 Å². The van der Waals surface area contributed by atoms with E-state index in [0.717, 1.165) is 38.5 Å². The summed E-state index contributed by atoms with van der Waals surface area (Å²) in [6, 6.07) is -0.932. The minimum atomic E-state index is -1.79. The number of allylic oxidation sites excluding steroid dienone is 7. The quantitative estimate of drug-likeness (QED) is 0.0204. The van der Waals surface area contributed by atoms with Gasteiger partial charge in [0.2, 0.25) is 5.91 Å². The SMILES string of the molecule is CCCCCCC/C=C\C/C=C\CCCCCCCCCCCCCCCCCCCCCCCCCCCC(=O)NC(COC1OC(CO)C(OC2OC(CO)C(O)C(O)C2O)C(O)C1O)C(O)/C=C/CC/C=C/CCCCCCCCCCCCCCCCCCCCCC. The van der Waals surface area contributed by atoms with Crippen molar-refractivity contribution in [2.45, 2.75) is 453 Å². The van der Waals surface area contributed by atoms with E-state index in [9.17, 15) is 45.6 Å². The number of hydrogen-bond acceptors (Lipinski definition) is 13. The molecule has 0 radical (unpaired) electrons. The molecule has 570 valence electrons. The molecule has 0 aliphatic carbocycles. The molecule has 0 bridgehead atoms. The summed E-state index contributed by atoms with van der Waals surface area (Å²) in [5.41, 5.74) is 0. The van der Waals surface area contributed by atoms with Crippen LogP contribution in [0.15, 0.2) is 48.6 Å². The van der Waals surface area contributed by atoms with Crippen LogP contribution in [-0.4, -0.2) is 140 Å². The van der Waals surface area contributed by atoms with Crippen LogP contribution in [0.2, 0.25) is 0 Å². The van der Waals surface area contributed by atoms with E-state index in [1.54, 1.807) is 6.08 Å². The van der Waals surface area contributed by atoms with E-state index < -0.39 is 86.8 Å². The predicted molar refractivity (Wildman–Crippen MR) is 401 cm³/mol. The fourth-order valence-electron chi connectivity index (χ4n) is 13.7. The molecule has 14 nitrogen and oxygen atoms in total. The fraction of sp³-hybridized carbons (Fsp3) is 0.892. The summed E-state index contributed by atoms with van der Waals surface area (Å²) in [6.07, 6.45) is 73.5. The van der Waals surface area contributed by atoms with Gasteiger partial charge in [-0.25, -0.2) is 0 Å². The average molecular weight is 1380 g/mol. The first kappa shape index (κ1) is 91.0. The Morgan fingerprint density at radius 1 is 0.371 bits per heavy atom. The van der Waals surface area contributed by atoms with Gasteiger partial charge >= 0.3 is 0 Å². The van der Waals surface area contributed by atoms with Gasteiger partial charge in [-0.05, 0) is 64.2 Å². The van der Waals surface area contributed by atoms with Crippen molar-refractivity contribution in [3.05, 3.63) is 48.6 Å². The summed E-state index contributed by atoms with van der Waals surface area (Å²) in [7, 11) is 0. The number of aliphatic hydroxyl groups excluding tert-OH is 8. The Labute approximate surface area is 594 Å². The third-order valence-corrected chi connectivity index (χ3v) is 20.2. The van der Waals surface area contributed by atoms with Crippen molar-refractivity contribution in [1.29, 1.82) is 0 Å². The van der Waals surface area contributed by atoms with Crippen molar-refractivity contribution in [2.24, 2.45) is 0 Å². The third kappa shape index (κ3) is 50.1. The van der Waals surface area contributed by atoms with Crippen LogP contribution < -0.4 is 5.32 Å². The molecule has 2 aliphatic heterocycles. The van der Waals surface area contributed by atoms with E-state index in [1.165, 1.54) is 308 Å². The zero-order valence-corrected chi connectivity index (χ0v) is 62.6. The molecule has 97 heavy (non-hydrogen) atoms. The van der Waals surface area contributed by atoms with Crippen LogP contribution in [0.1, 0.15) is 380 Å². The number of aliphatic hydroxyl groups is 8. The second-order valence-corrected chi connectivity index (χ2v) is 29.2. The topological polar surface area (TPSA) is 228 Å². The minimum absolute atomic E-state index is 0.241. The van der Waals surface area contributed by atoms with E-state index in [2.05, 4.69) is 55.6 Å². The molecule has 0 aromatic heterocycles. The summed E-state index contributed by atoms with van der Waals surface area (Å²) in [5.74, 6) is -0.241. The normalized spacial score (nSPS) is 22.3. The molecule has 0 saturated carbocycles. The zero-order valence-electron chi connectivity index (χ0n) is 62.6. The largest absolute Gasteiger partial charge is 0.394 e. The number of ether oxygens (including phenoxy) is 4. The Bertz CT molecular complexity index is 1810. The van der Waals surface area contributed by atoms with Gasteiger partial charge in [0.1, 0.15) is 48.8 Å². The molecule has 12 unspecified atom stereocenters. The molecule has 2 heterocycles. The van der Waals surface area contributed by atoms with Crippen LogP contribution in [0.4, 0.5) is 0 Å². The molecular formula is C83H155NO13. The van der Waals surface area contributed by atoms with E-state index in [-0.39, 0.29) is 18.9 Å². The molecule has 0 spiro atoms. The van der Waals surface area contributed by atoms with Gasteiger partial charge in [-0.2, -0.15) is 0 Å². The number of carbonyl (C=O) groups is 1. The van der Waals surface area contributed by atoms with E-state index in [0.29, 0.717) is 12.8 Å². The second-order valence-electron chi connectivity index (χ2n) is 29.2. The first-order chi connectivity index (χ1) is 47.6. The Hall–Kier alpha value is -2.05. The van der Waals surface area contributed by atoms with E-state index in [1.807, 2.05) is 6.08 Å². The summed E-state index contributed by atoms with van der Waals surface area (Å²) in [4.78, 5) is 13.4. The predicted octanol–water partition coefficient (Wildman–Crippen LogP) is 19.0. The molecule has 14 heteroatoms. The number of unbranched alkanes of at least 4 members (excludes halogenated alkanes) is 51. The molecule has 2 aliphatic rings. The molecular weight excluding hydrogens is 1220 g/mol. The number of nitrogens with one attached hydrogen (secondary N) is 1. The Morgan fingerprint density at radius 2 is 0.691 bits per heavy atom. The number of amides is 1. The lowest BCUT2D eigenvalue weighted by Crippen LogP contribution is -2.65. The molecule has 1 amide bonds. The van der Waals surface area contributed by atoms with Crippen LogP contribution in [0.5, 0.6) is 0 Å². The highest BCUT2D eigenvalue weighted by molar-refractivity contribution is 5.76. The van der Waals surface area contributed by atoms with Crippen molar-refractivity contribution in [3.63, 3.8) is 0 Å². The first-order valence-electron chi connectivity index (χ1n) is 41.4. The van der Waals surface area contributed by atoms with Crippen molar-refractivity contribution in [1.82, 2.24) is 5.32 Å². The molecule has 2 saturated heterocycles. The van der Waals surface area contributed by atoms with Crippen LogP contribution in [0.25, 0.3) is 0 Å². The van der Waals surface area contributed by atoms with Gasteiger partial charge in [-0.15, -0.1) is 0 Å². The Morgan fingerprint density at radius 3 is 1.07 bits per heavy atom. The fourth-order valence-corrected chi connectivity index (χ4v) is 13.7. The molecule has 12 atom stereocenters. The van der Waals surface area contributed by atoms with Crippen molar-refractivity contribution in [3.8, 4) is 0 Å². The highest BCUT2D eigenvalue weighted by atomic mass is 16.7. The monoisotopic (exact) mass is 1370 g/mol. The van der Waals surface area contributed by atoms with Gasteiger partial charge in [0, 0.05) is 6.42 Å². The maximum atomic E-state index is 13.4. The Kier molecular flexibility index (Phi) is 63.0. The summed E-state index contributed by atoms with van der Waals surface area (Å²) >= 11 is 0. The van der Waals surface area contributed by atoms with Gasteiger partial charge in [0.15, 0.2) is 12.6 Å². The van der Waals surface area contributed by atoms with Gasteiger partial charge in [0.25, 0.3) is 0 Å². The molecule has 2 rings (SSSR count). The second kappa shape index (κ2) is 67.1. The minimum Gasteiger partial charge on any atom is -0.394 e. The maximum Gasteiger partial charge on any atom is 0.220 e. The molecule has 0 aromatic carbocycles. The van der Waals surface area contributed by atoms with Crippen molar-refractivity contribution < 1.29 is 64.6 Å². The maximum absolute atomic E-state index is 13.4. The number of rotatable bonds is 70. The average Bonchev–Trinajstić information content (AvgIpc) is 0.794. The van der Waals surface area contributed by atoms with Gasteiger partial charge in [-0.3, -0.25) is 4.79 Å². The number of carbonyl (C=O) groups excluding carboxylic acids is 1. The van der Waals surface area contributed by atoms with E-state index >= 15 is 0 Å². The van der Waals surface area contributed by atoms with Crippen LogP contribution in [0, 0.1) is 0 Å². The zero-order chi connectivity index (χ0) is 70.1. The smallest absolute Gasteiger partial charge is 0.220 e. The highest BCUT2D eigenvalue weighted by Crippen LogP contribution is 2.30. The highest BCUT2D eigenvalue weighted by Gasteiger charge is 2.51. The summed E-state index contributed by atoms with van der Waals surface area (Å²) in [5, 5.41) is 87.7. The van der Waals surface area contributed by atoms with Crippen molar-refractivity contribution in [2.75, 3.05) is 19.8 Å². The first-order valence-corrected chi connectivity index (χ1v) is 41.4. The standard InChI is InChI=1S/C83H155NO13/c1-3-5-7-9-11-13-15-17-19-21-23-25-27-29-31-32-33-34-35-36-37-38-39-40-41-43-45-47-49-51-53-55-57-59-61-63-65-67-75(88)84-71(70-94-82-80(93)78(91)81(74(69-86)96-82)97-83-79(92)77(90)76(89)73(68-85)95-83)72(87)66-64-62-60-58-56-54-52-50-48-46-44-42-30-28-26-24-22-20-18-16-14-12-10-8-6-4-2/h15,17,21,23,56,58,64,66,71-74,76-83,85-87,89-93H,3-14,16,18-20,22,24-55,57,59-63,65,67-70H2,1-2H3,(H,84,88)/b17-15-,23-21-,58-56+,66-64+. The van der Waals surface area contributed by atoms with Crippen molar-refractivity contribution >= 4 is 5.91 Å². The summed E-state index contributed by atoms with van der Waals surface area (Å²) < 4.78 is 22.9. The van der Waals surface area contributed by atoms with Crippen LogP contribution in [0.3, 0.4) is 0 Å². The third-order valence-electron chi connectivity index (χ3n) is 20.2. The molecule has 0 aromatic rings. The van der Waals surface area contributed by atoms with E-state index in [4.69, 9.17) is 18.9 Å². The van der Waals surface area contributed by atoms with Gasteiger partial charge < -0.3 is 65.1 Å². The van der Waals surface area contributed by atoms with Gasteiger partial charge in [0.05, 0.1) is 32.0 Å². The summed E-state index contributed by atoms with van der Waals surface area (Å²) in [6.45, 7) is 2.83. The lowest BCUT2D eigenvalue weighted by Gasteiger charge is -2.46. The lowest BCUT2D eigenvalue weighted by molar-refractivity contribution is -0.359. The lowest BCUT2D eigenvalue weighted by atomic mass is 9.97. The Balaban J connectivity index is 1.59. The van der Waals surface area contributed by atoms with Crippen LogP contribution in [-0.2, 0) is 23.7 Å². The molecule has 2 fully saturated rings. The number of hydrogen-bond donors (Lipinski definition) is 9. The molecule has 9 N–H and O–H groups in total.